The van der Waals surface area contributed by atoms with Crippen molar-refractivity contribution in [3.8, 4) is 11.5 Å². The summed E-state index contributed by atoms with van der Waals surface area (Å²) in [5, 5.41) is 10.6. The van der Waals surface area contributed by atoms with Crippen molar-refractivity contribution >= 4 is 23.5 Å². The molecule has 5 nitrogen and oxygen atoms in total. The van der Waals surface area contributed by atoms with Gasteiger partial charge in [0, 0.05) is 24.3 Å². The Balaban J connectivity index is 1.71. The Labute approximate surface area is 212 Å². The quantitative estimate of drug-likeness (QED) is 0.304. The van der Waals surface area contributed by atoms with Crippen LogP contribution in [-0.4, -0.2) is 28.8 Å². The second kappa shape index (κ2) is 10.7. The first-order chi connectivity index (χ1) is 17.2. The fourth-order valence-corrected chi connectivity index (χ4v) is 4.61. The van der Waals surface area contributed by atoms with Crippen LogP contribution < -0.4 is 4.74 Å². The third-order valence-electron chi connectivity index (χ3n) is 6.27. The van der Waals surface area contributed by atoms with Crippen molar-refractivity contribution in [1.82, 2.24) is 0 Å². The number of rotatable bonds is 10. The minimum Gasteiger partial charge on any atom is -0.479 e. The first kappa shape index (κ1) is 25.6. The molecule has 0 amide bonds. The average molecular weight is 515 g/mol. The number of alkyl halides is 1. The Kier molecular flexibility index (Phi) is 7.59. The number of para-hydroxylation sites is 1. The molecular weight excluding hydrogens is 490 g/mol. The predicted molar refractivity (Wildman–Crippen MR) is 131 cm³/mol. The first-order valence-corrected chi connectivity index (χ1v) is 11.9. The maximum absolute atomic E-state index is 16.9. The molecule has 0 aromatic heterocycles. The van der Waals surface area contributed by atoms with E-state index in [2.05, 4.69) is 0 Å². The molecule has 8 heteroatoms. The summed E-state index contributed by atoms with van der Waals surface area (Å²) in [6.45, 7) is 1.10. The van der Waals surface area contributed by atoms with E-state index in [4.69, 9.17) is 21.1 Å². The van der Waals surface area contributed by atoms with Crippen LogP contribution in [0.2, 0.25) is 5.02 Å². The molecule has 1 fully saturated rings. The van der Waals surface area contributed by atoms with Gasteiger partial charge in [-0.15, -0.1) is 0 Å². The lowest BCUT2D eigenvalue weighted by atomic mass is 9.75. The molecule has 0 bridgehead atoms. The molecule has 36 heavy (non-hydrogen) atoms. The van der Waals surface area contributed by atoms with Crippen molar-refractivity contribution in [3.05, 3.63) is 94.8 Å². The number of ether oxygens (including phenoxy) is 2. The van der Waals surface area contributed by atoms with Crippen molar-refractivity contribution in [2.24, 2.45) is 5.92 Å². The van der Waals surface area contributed by atoms with Gasteiger partial charge < -0.3 is 14.6 Å². The Hall–Kier alpha value is -3.45. The number of hydrogen-bond donors (Lipinski definition) is 1. The summed E-state index contributed by atoms with van der Waals surface area (Å²) in [6.07, 6.45) is -0.691. The van der Waals surface area contributed by atoms with E-state index in [9.17, 15) is 19.1 Å². The number of halogens is 3. The lowest BCUT2D eigenvalue weighted by molar-refractivity contribution is -0.174. The highest BCUT2D eigenvalue weighted by Crippen LogP contribution is 2.52. The van der Waals surface area contributed by atoms with E-state index >= 15 is 4.39 Å². The van der Waals surface area contributed by atoms with E-state index in [1.165, 1.54) is 12.1 Å². The van der Waals surface area contributed by atoms with Crippen LogP contribution in [0.1, 0.15) is 36.8 Å². The molecular formula is C28H25ClF2O5. The van der Waals surface area contributed by atoms with Crippen LogP contribution in [0.25, 0.3) is 0 Å². The van der Waals surface area contributed by atoms with Crippen molar-refractivity contribution < 1.29 is 33.0 Å². The van der Waals surface area contributed by atoms with E-state index in [-0.39, 0.29) is 18.1 Å². The molecule has 1 aliphatic rings. The Morgan fingerprint density at radius 3 is 2.33 bits per heavy atom. The highest BCUT2D eigenvalue weighted by atomic mass is 35.5. The van der Waals surface area contributed by atoms with Gasteiger partial charge in [0.2, 0.25) is 0 Å². The van der Waals surface area contributed by atoms with Crippen LogP contribution >= 0.6 is 11.6 Å². The average Bonchev–Trinajstić information content (AvgIpc) is 3.67. The molecule has 1 aliphatic carbocycles. The number of carboxylic acids is 1. The van der Waals surface area contributed by atoms with Crippen LogP contribution in [0.4, 0.5) is 8.78 Å². The zero-order valence-corrected chi connectivity index (χ0v) is 20.3. The third kappa shape index (κ3) is 5.68. The van der Waals surface area contributed by atoms with Crippen LogP contribution in [0, 0.1) is 11.7 Å². The summed E-state index contributed by atoms with van der Waals surface area (Å²) < 4.78 is 42.3. The second-order valence-corrected chi connectivity index (χ2v) is 9.36. The molecule has 0 saturated heterocycles. The number of hydrogen-bond acceptors (Lipinski definition) is 4. The fourth-order valence-electron chi connectivity index (χ4n) is 4.49. The predicted octanol–water partition coefficient (Wildman–Crippen LogP) is 6.73. The van der Waals surface area contributed by atoms with Gasteiger partial charge in [-0.3, -0.25) is 4.79 Å². The van der Waals surface area contributed by atoms with E-state index in [1.54, 1.807) is 54.6 Å². The molecule has 0 spiro atoms. The van der Waals surface area contributed by atoms with Crippen molar-refractivity contribution in [2.45, 2.75) is 43.9 Å². The van der Waals surface area contributed by atoms with Gasteiger partial charge in [-0.25, -0.2) is 13.6 Å². The molecule has 4 rings (SSSR count). The van der Waals surface area contributed by atoms with Crippen LogP contribution in [0.5, 0.6) is 11.5 Å². The summed E-state index contributed by atoms with van der Waals surface area (Å²) in [4.78, 5) is 24.5. The highest BCUT2D eigenvalue weighted by molar-refractivity contribution is 6.30. The molecule has 0 unspecified atom stereocenters. The normalized spacial score (nSPS) is 16.4. The summed E-state index contributed by atoms with van der Waals surface area (Å²) in [5.41, 5.74) is -2.14. The topological polar surface area (TPSA) is 72.8 Å². The maximum Gasteiger partial charge on any atom is 0.346 e. The Bertz CT molecular complexity index is 1230. The maximum atomic E-state index is 16.9. The van der Waals surface area contributed by atoms with Gasteiger partial charge in [-0.2, -0.15) is 0 Å². The van der Waals surface area contributed by atoms with E-state index in [0.29, 0.717) is 34.7 Å². The lowest BCUT2D eigenvalue weighted by Gasteiger charge is -2.36. The largest absolute Gasteiger partial charge is 0.479 e. The van der Waals surface area contributed by atoms with E-state index < -0.39 is 35.4 Å². The number of carbonyl (C=O) groups is 2. The van der Waals surface area contributed by atoms with Crippen LogP contribution in [-0.2, 0) is 20.7 Å². The van der Waals surface area contributed by atoms with Gasteiger partial charge in [-0.1, -0.05) is 48.0 Å². The smallest absolute Gasteiger partial charge is 0.346 e. The molecule has 1 saturated carbocycles. The van der Waals surface area contributed by atoms with Crippen LogP contribution in [0.15, 0.2) is 72.8 Å². The van der Waals surface area contributed by atoms with E-state index in [1.807, 2.05) is 0 Å². The van der Waals surface area contributed by atoms with Gasteiger partial charge in [0.1, 0.15) is 5.75 Å². The molecule has 3 aromatic carbocycles. The highest BCUT2D eigenvalue weighted by Gasteiger charge is 2.59. The van der Waals surface area contributed by atoms with Crippen molar-refractivity contribution in [1.29, 1.82) is 0 Å². The van der Waals surface area contributed by atoms with Gasteiger partial charge in [0.15, 0.2) is 17.7 Å². The summed E-state index contributed by atoms with van der Waals surface area (Å²) in [5.74, 6) is -4.23. The van der Waals surface area contributed by atoms with Gasteiger partial charge >= 0.3 is 11.9 Å². The summed E-state index contributed by atoms with van der Waals surface area (Å²) >= 11 is 5.99. The van der Waals surface area contributed by atoms with Crippen molar-refractivity contribution in [2.75, 3.05) is 0 Å². The molecule has 0 heterocycles. The summed E-state index contributed by atoms with van der Waals surface area (Å²) in [7, 11) is 0. The van der Waals surface area contributed by atoms with Crippen molar-refractivity contribution in [3.63, 3.8) is 0 Å². The Morgan fingerprint density at radius 2 is 1.75 bits per heavy atom. The van der Waals surface area contributed by atoms with Gasteiger partial charge in [-0.05, 0) is 66.3 Å². The lowest BCUT2D eigenvalue weighted by Crippen LogP contribution is -2.53. The van der Waals surface area contributed by atoms with Gasteiger partial charge in [0.05, 0.1) is 0 Å². The minimum atomic E-state index is -2.95. The zero-order valence-electron chi connectivity index (χ0n) is 19.5. The number of carboxylic acid groups (broad SMARTS) is 1. The number of carbonyl (C=O) groups excluding carboxylic acids is 1. The Morgan fingerprint density at radius 1 is 1.08 bits per heavy atom. The minimum absolute atomic E-state index is 0.114. The molecule has 1 N–H and O–H groups in total. The first-order valence-electron chi connectivity index (χ1n) is 11.5. The number of esters is 1. The summed E-state index contributed by atoms with van der Waals surface area (Å²) in [6, 6.07) is 18.8. The standard InChI is InChI=1S/C28H25ClF2O5/c1-17(32)35-25(16-18-7-14-23(30)24(15-18)36-22-5-3-2-4-6-22)28(31,27(33)34)26(19-8-9-19)20-10-12-21(29)13-11-20/h2-7,10-15,19,25-26H,8-9,16H2,1H3,(H,33,34)/t25-,26+,28-/m1/s1. The molecule has 188 valence electrons. The molecule has 0 radical (unpaired) electrons. The number of aliphatic carboxylic acids is 1. The second-order valence-electron chi connectivity index (χ2n) is 8.92. The SMILES string of the molecule is CC(=O)O[C@H](Cc1ccc(F)c(Oc2ccccc2)c1)[C@](F)(C(=O)O)[C@H](c1ccc(Cl)cc1)C1CC1. The monoisotopic (exact) mass is 514 g/mol. The molecule has 0 aliphatic heterocycles. The van der Waals surface area contributed by atoms with Gasteiger partial charge in [0.25, 0.3) is 5.67 Å². The third-order valence-corrected chi connectivity index (χ3v) is 6.52. The fraction of sp³-hybridized carbons (Fsp3) is 0.286. The zero-order chi connectivity index (χ0) is 25.9. The van der Waals surface area contributed by atoms with E-state index in [0.717, 1.165) is 13.0 Å². The number of benzene rings is 3. The molecule has 3 atom stereocenters. The molecule has 3 aromatic rings. The van der Waals surface area contributed by atoms with Crippen LogP contribution in [0.3, 0.4) is 0 Å².